The van der Waals surface area contributed by atoms with Crippen molar-refractivity contribution in [3.05, 3.63) is 11.7 Å². The van der Waals surface area contributed by atoms with Crippen molar-refractivity contribution in [2.75, 3.05) is 7.05 Å². The van der Waals surface area contributed by atoms with Crippen LogP contribution in [0, 0.1) is 0 Å². The molecule has 0 aromatic carbocycles. The number of nitrogens with one attached hydrogen (secondary N) is 1. The van der Waals surface area contributed by atoms with E-state index in [4.69, 9.17) is 4.52 Å². The molecule has 1 saturated carbocycles. The highest BCUT2D eigenvalue weighted by molar-refractivity contribution is 4.98. The van der Waals surface area contributed by atoms with E-state index >= 15 is 0 Å². The molecule has 102 valence electrons. The molecule has 2 rings (SSSR count). The molecule has 1 N–H and O–H groups in total. The Bertz CT molecular complexity index is 339. The van der Waals surface area contributed by atoms with Gasteiger partial charge in [0.1, 0.15) is 0 Å². The molecule has 1 atom stereocenters. The first-order chi connectivity index (χ1) is 8.85. The van der Waals surface area contributed by atoms with E-state index in [0.29, 0.717) is 5.92 Å². The molecular weight excluding hydrogens is 226 g/mol. The van der Waals surface area contributed by atoms with Crippen molar-refractivity contribution in [3.63, 3.8) is 0 Å². The average Bonchev–Trinajstić information content (AvgIpc) is 2.80. The Morgan fingerprint density at radius 3 is 2.50 bits per heavy atom. The van der Waals surface area contributed by atoms with Crippen LogP contribution in [0.4, 0.5) is 0 Å². The topological polar surface area (TPSA) is 51.0 Å². The molecule has 0 spiro atoms. The van der Waals surface area contributed by atoms with Crippen LogP contribution >= 0.6 is 0 Å². The summed E-state index contributed by atoms with van der Waals surface area (Å²) in [6.45, 7) is 2.13. The highest BCUT2D eigenvalue weighted by Gasteiger charge is 2.21. The van der Waals surface area contributed by atoms with Gasteiger partial charge in [-0.2, -0.15) is 4.98 Å². The van der Waals surface area contributed by atoms with Crippen LogP contribution in [0.3, 0.4) is 0 Å². The molecule has 0 radical (unpaired) electrons. The molecule has 1 aliphatic carbocycles. The maximum absolute atomic E-state index is 5.41. The van der Waals surface area contributed by atoms with Gasteiger partial charge in [-0.25, -0.2) is 0 Å². The lowest BCUT2D eigenvalue weighted by molar-refractivity contribution is 0.326. The van der Waals surface area contributed by atoms with Crippen molar-refractivity contribution in [1.29, 1.82) is 0 Å². The molecule has 1 aromatic rings. The quantitative estimate of drug-likeness (QED) is 0.888. The molecule has 0 amide bonds. The van der Waals surface area contributed by atoms with E-state index in [-0.39, 0.29) is 6.04 Å². The number of hydrogen-bond acceptors (Lipinski definition) is 4. The summed E-state index contributed by atoms with van der Waals surface area (Å²) in [5.41, 5.74) is 0. The summed E-state index contributed by atoms with van der Waals surface area (Å²) in [6, 6.07) is 0.194. The van der Waals surface area contributed by atoms with Crippen molar-refractivity contribution in [1.82, 2.24) is 15.5 Å². The normalized spacial score (nSPS) is 20.3. The van der Waals surface area contributed by atoms with Crippen molar-refractivity contribution in [2.45, 2.75) is 70.3 Å². The van der Waals surface area contributed by atoms with E-state index in [2.05, 4.69) is 22.4 Å². The second-order valence-corrected chi connectivity index (χ2v) is 5.28. The molecule has 1 aliphatic rings. The summed E-state index contributed by atoms with van der Waals surface area (Å²) >= 11 is 0. The van der Waals surface area contributed by atoms with Crippen LogP contribution in [-0.4, -0.2) is 17.2 Å². The Hall–Kier alpha value is -0.900. The van der Waals surface area contributed by atoms with E-state index in [0.717, 1.165) is 18.1 Å². The van der Waals surface area contributed by atoms with Gasteiger partial charge in [0.2, 0.25) is 5.89 Å². The Kier molecular flexibility index (Phi) is 5.17. The SMILES string of the molecule is CCC(NC)c1nc(C2CCCCCCC2)no1. The van der Waals surface area contributed by atoms with Gasteiger partial charge < -0.3 is 9.84 Å². The largest absolute Gasteiger partial charge is 0.338 e. The Morgan fingerprint density at radius 1 is 1.22 bits per heavy atom. The van der Waals surface area contributed by atoms with Gasteiger partial charge in [-0.3, -0.25) is 0 Å². The third-order valence-corrected chi connectivity index (χ3v) is 3.98. The number of nitrogens with zero attached hydrogens (tertiary/aromatic N) is 2. The number of hydrogen-bond donors (Lipinski definition) is 1. The highest BCUT2D eigenvalue weighted by atomic mass is 16.5. The molecule has 4 heteroatoms. The van der Waals surface area contributed by atoms with Crippen molar-refractivity contribution in [2.24, 2.45) is 0 Å². The van der Waals surface area contributed by atoms with E-state index in [1.807, 2.05) is 7.05 Å². The van der Waals surface area contributed by atoms with Crippen LogP contribution in [0.5, 0.6) is 0 Å². The molecule has 4 nitrogen and oxygen atoms in total. The summed E-state index contributed by atoms with van der Waals surface area (Å²) in [5, 5.41) is 7.41. The third kappa shape index (κ3) is 3.31. The molecule has 0 aliphatic heterocycles. The van der Waals surface area contributed by atoms with Gasteiger partial charge in [-0.15, -0.1) is 0 Å². The fraction of sp³-hybridized carbons (Fsp3) is 0.857. The van der Waals surface area contributed by atoms with Crippen LogP contribution < -0.4 is 5.32 Å². The minimum absolute atomic E-state index is 0.194. The lowest BCUT2D eigenvalue weighted by Gasteiger charge is -2.16. The third-order valence-electron chi connectivity index (χ3n) is 3.98. The molecule has 1 fully saturated rings. The maximum Gasteiger partial charge on any atom is 0.243 e. The Labute approximate surface area is 110 Å². The minimum Gasteiger partial charge on any atom is -0.338 e. The molecule has 1 aromatic heterocycles. The summed E-state index contributed by atoms with van der Waals surface area (Å²) in [7, 11) is 1.94. The van der Waals surface area contributed by atoms with E-state index in [9.17, 15) is 0 Å². The number of rotatable bonds is 4. The predicted molar refractivity (Wildman–Crippen MR) is 71.4 cm³/mol. The standard InChI is InChI=1S/C14H25N3O/c1-3-12(15-2)14-16-13(17-18-14)11-9-7-5-4-6-8-10-11/h11-12,15H,3-10H2,1-2H3. The second kappa shape index (κ2) is 6.88. The molecule has 0 saturated heterocycles. The molecule has 0 bridgehead atoms. The average molecular weight is 251 g/mol. The van der Waals surface area contributed by atoms with E-state index in [1.54, 1.807) is 0 Å². The molecule has 1 unspecified atom stereocenters. The Balaban J connectivity index is 2.03. The lowest BCUT2D eigenvalue weighted by atomic mass is 9.91. The fourth-order valence-corrected chi connectivity index (χ4v) is 2.77. The van der Waals surface area contributed by atoms with Crippen LogP contribution in [0.2, 0.25) is 0 Å². The van der Waals surface area contributed by atoms with E-state index < -0.39 is 0 Å². The van der Waals surface area contributed by atoms with Gasteiger partial charge in [0.25, 0.3) is 0 Å². The van der Waals surface area contributed by atoms with Crippen LogP contribution in [0.15, 0.2) is 4.52 Å². The maximum atomic E-state index is 5.41. The summed E-state index contributed by atoms with van der Waals surface area (Å²) in [4.78, 5) is 4.61. The first kappa shape index (κ1) is 13.5. The monoisotopic (exact) mass is 251 g/mol. The smallest absolute Gasteiger partial charge is 0.243 e. The molecular formula is C14H25N3O. The minimum atomic E-state index is 0.194. The fourth-order valence-electron chi connectivity index (χ4n) is 2.77. The van der Waals surface area contributed by atoms with Gasteiger partial charge in [0.05, 0.1) is 6.04 Å². The van der Waals surface area contributed by atoms with Crippen LogP contribution in [0.1, 0.15) is 82.0 Å². The van der Waals surface area contributed by atoms with E-state index in [1.165, 1.54) is 44.9 Å². The second-order valence-electron chi connectivity index (χ2n) is 5.28. The van der Waals surface area contributed by atoms with Crippen molar-refractivity contribution in [3.8, 4) is 0 Å². The molecule has 18 heavy (non-hydrogen) atoms. The van der Waals surface area contributed by atoms with Gasteiger partial charge in [0, 0.05) is 5.92 Å². The Morgan fingerprint density at radius 2 is 1.89 bits per heavy atom. The van der Waals surface area contributed by atoms with Gasteiger partial charge >= 0.3 is 0 Å². The number of aromatic nitrogens is 2. The molecule has 1 heterocycles. The summed E-state index contributed by atoms with van der Waals surface area (Å²) < 4.78 is 5.41. The highest BCUT2D eigenvalue weighted by Crippen LogP contribution is 2.29. The lowest BCUT2D eigenvalue weighted by Crippen LogP contribution is -2.15. The van der Waals surface area contributed by atoms with Gasteiger partial charge in [0.15, 0.2) is 5.82 Å². The summed E-state index contributed by atoms with van der Waals surface area (Å²) in [6.07, 6.45) is 10.1. The first-order valence-electron chi connectivity index (χ1n) is 7.36. The van der Waals surface area contributed by atoms with Crippen molar-refractivity contribution < 1.29 is 4.52 Å². The van der Waals surface area contributed by atoms with Crippen LogP contribution in [-0.2, 0) is 0 Å². The van der Waals surface area contributed by atoms with Crippen molar-refractivity contribution >= 4 is 0 Å². The zero-order valence-electron chi connectivity index (χ0n) is 11.6. The first-order valence-corrected chi connectivity index (χ1v) is 7.36. The zero-order valence-corrected chi connectivity index (χ0v) is 11.6. The van der Waals surface area contributed by atoms with Gasteiger partial charge in [-0.1, -0.05) is 44.2 Å². The zero-order chi connectivity index (χ0) is 12.8. The predicted octanol–water partition coefficient (Wildman–Crippen LogP) is 3.57. The summed E-state index contributed by atoms with van der Waals surface area (Å²) in [5.74, 6) is 2.19. The van der Waals surface area contributed by atoms with Crippen LogP contribution in [0.25, 0.3) is 0 Å². The van der Waals surface area contributed by atoms with Gasteiger partial charge in [-0.05, 0) is 26.3 Å².